The highest BCUT2D eigenvalue weighted by Gasteiger charge is 2.15. The second-order valence-corrected chi connectivity index (χ2v) is 8.26. The molecule has 2 aromatic carbocycles. The molecule has 0 radical (unpaired) electrons. The molecule has 6 nitrogen and oxygen atoms in total. The summed E-state index contributed by atoms with van der Waals surface area (Å²) < 4.78 is 33.1. The summed E-state index contributed by atoms with van der Waals surface area (Å²) in [5, 5.41) is 2.74. The van der Waals surface area contributed by atoms with Crippen LogP contribution in [0.3, 0.4) is 0 Å². The van der Waals surface area contributed by atoms with E-state index >= 15 is 0 Å². The number of para-hydroxylation sites is 1. The number of amides is 1. The molecule has 0 heterocycles. The lowest BCUT2D eigenvalue weighted by atomic mass is 10.2. The van der Waals surface area contributed by atoms with Gasteiger partial charge >= 0.3 is 0 Å². The number of carbonyl (C=O) groups excluding carboxylic acids is 1. The van der Waals surface area contributed by atoms with Crippen LogP contribution in [0.5, 0.6) is 5.75 Å². The molecule has 0 atom stereocenters. The van der Waals surface area contributed by atoms with Crippen molar-refractivity contribution in [3.8, 4) is 5.75 Å². The zero-order chi connectivity index (χ0) is 19.2. The highest BCUT2D eigenvalue weighted by molar-refractivity contribution is 9.10. The maximum absolute atomic E-state index is 12.1. The number of hydrogen-bond donors (Lipinski definition) is 2. The van der Waals surface area contributed by atoms with Crippen LogP contribution in [0.15, 0.2) is 51.8 Å². The van der Waals surface area contributed by atoms with Gasteiger partial charge in [-0.3, -0.25) is 4.79 Å². The van der Waals surface area contributed by atoms with E-state index in [1.54, 1.807) is 19.1 Å². The molecule has 2 N–H and O–H groups in total. The Morgan fingerprint density at radius 3 is 2.58 bits per heavy atom. The molecule has 8 heteroatoms. The summed E-state index contributed by atoms with van der Waals surface area (Å²) >= 11 is 3.36. The molecule has 0 bridgehead atoms. The molecule has 0 saturated carbocycles. The number of rotatable bonds is 8. The zero-order valence-corrected chi connectivity index (χ0v) is 17.0. The first-order valence-corrected chi connectivity index (χ1v) is 10.4. The lowest BCUT2D eigenvalue weighted by Gasteiger charge is -2.12. The topological polar surface area (TPSA) is 84.5 Å². The van der Waals surface area contributed by atoms with Crippen LogP contribution in [-0.4, -0.2) is 27.5 Å². The van der Waals surface area contributed by atoms with Gasteiger partial charge in [-0.1, -0.05) is 19.1 Å². The molecule has 1 amide bonds. The van der Waals surface area contributed by atoms with Gasteiger partial charge in [0.1, 0.15) is 5.75 Å². The molecule has 0 unspecified atom stereocenters. The third kappa shape index (κ3) is 5.55. The third-order valence-corrected chi connectivity index (χ3v) is 5.66. The van der Waals surface area contributed by atoms with E-state index in [1.807, 2.05) is 25.1 Å². The zero-order valence-electron chi connectivity index (χ0n) is 14.6. The first kappa shape index (κ1) is 20.4. The van der Waals surface area contributed by atoms with Crippen molar-refractivity contribution >= 4 is 37.5 Å². The lowest BCUT2D eigenvalue weighted by Crippen LogP contribution is -2.24. The molecule has 0 aliphatic rings. The van der Waals surface area contributed by atoms with Crippen LogP contribution >= 0.6 is 15.9 Å². The van der Waals surface area contributed by atoms with E-state index in [9.17, 15) is 13.2 Å². The lowest BCUT2D eigenvalue weighted by molar-refractivity contribution is -0.118. The van der Waals surface area contributed by atoms with Crippen LogP contribution < -0.4 is 14.8 Å². The van der Waals surface area contributed by atoms with Crippen LogP contribution in [0.25, 0.3) is 0 Å². The summed E-state index contributed by atoms with van der Waals surface area (Å²) in [6.45, 7) is 3.83. The highest BCUT2D eigenvalue weighted by Crippen LogP contribution is 2.23. The summed E-state index contributed by atoms with van der Waals surface area (Å²) in [5.41, 5.74) is 1.29. The van der Waals surface area contributed by atoms with E-state index in [-0.39, 0.29) is 17.4 Å². The van der Waals surface area contributed by atoms with E-state index in [2.05, 4.69) is 26.0 Å². The van der Waals surface area contributed by atoms with E-state index < -0.39 is 10.0 Å². The van der Waals surface area contributed by atoms with Crippen molar-refractivity contribution in [1.29, 1.82) is 0 Å². The summed E-state index contributed by atoms with van der Waals surface area (Å²) in [5.74, 6) is 0.152. The molecule has 0 saturated heterocycles. The molecule has 0 spiro atoms. The maximum Gasteiger partial charge on any atom is 0.262 e. The number of sulfonamides is 1. The Balaban J connectivity index is 2.00. The van der Waals surface area contributed by atoms with E-state index in [1.165, 1.54) is 12.1 Å². The molecular formula is C18H21BrN2O4S. The minimum atomic E-state index is -3.53. The van der Waals surface area contributed by atoms with Crippen molar-refractivity contribution in [2.75, 3.05) is 18.5 Å². The molecule has 0 fully saturated rings. The average molecular weight is 441 g/mol. The molecule has 0 aliphatic heterocycles. The number of nitrogens with one attached hydrogen (secondary N) is 2. The molecule has 2 aromatic rings. The largest absolute Gasteiger partial charge is 0.483 e. The number of ether oxygens (including phenoxy) is 1. The maximum atomic E-state index is 12.1. The fourth-order valence-electron chi connectivity index (χ4n) is 2.16. The molecular weight excluding hydrogens is 420 g/mol. The van der Waals surface area contributed by atoms with Gasteiger partial charge in [-0.05, 0) is 65.2 Å². The quantitative estimate of drug-likeness (QED) is 0.657. The van der Waals surface area contributed by atoms with Crippen molar-refractivity contribution in [1.82, 2.24) is 4.72 Å². The Hall–Kier alpha value is -1.90. The number of benzene rings is 2. The first-order chi connectivity index (χ1) is 12.3. The Kier molecular flexibility index (Phi) is 7.19. The number of aryl methyl sites for hydroxylation is 1. The predicted molar refractivity (Wildman–Crippen MR) is 105 cm³/mol. The van der Waals surface area contributed by atoms with Crippen LogP contribution in [0.1, 0.15) is 18.9 Å². The first-order valence-electron chi connectivity index (χ1n) is 8.11. The fraction of sp³-hybridized carbons (Fsp3) is 0.278. The van der Waals surface area contributed by atoms with E-state index in [0.717, 1.165) is 4.47 Å². The van der Waals surface area contributed by atoms with Crippen molar-refractivity contribution in [3.63, 3.8) is 0 Å². The van der Waals surface area contributed by atoms with Crippen LogP contribution in [0, 0.1) is 6.92 Å². The normalized spacial score (nSPS) is 11.2. The third-order valence-electron chi connectivity index (χ3n) is 3.51. The van der Waals surface area contributed by atoms with Gasteiger partial charge in [0.2, 0.25) is 10.0 Å². The minimum Gasteiger partial charge on any atom is -0.483 e. The van der Waals surface area contributed by atoms with Gasteiger partial charge in [0.05, 0.1) is 10.6 Å². The predicted octanol–water partition coefficient (Wildman–Crippen LogP) is 3.46. The van der Waals surface area contributed by atoms with Crippen LogP contribution in [0.4, 0.5) is 5.69 Å². The van der Waals surface area contributed by atoms with Gasteiger partial charge < -0.3 is 10.1 Å². The summed E-state index contributed by atoms with van der Waals surface area (Å²) in [6.07, 6.45) is 0.714. The highest BCUT2D eigenvalue weighted by atomic mass is 79.9. The van der Waals surface area contributed by atoms with Gasteiger partial charge in [-0.25, -0.2) is 13.1 Å². The average Bonchev–Trinajstić information content (AvgIpc) is 2.61. The van der Waals surface area contributed by atoms with E-state index in [4.69, 9.17) is 4.74 Å². The summed E-state index contributed by atoms with van der Waals surface area (Å²) in [6, 6.07) is 11.8. The molecule has 26 heavy (non-hydrogen) atoms. The van der Waals surface area contributed by atoms with Crippen LogP contribution in [0.2, 0.25) is 0 Å². The minimum absolute atomic E-state index is 0.175. The van der Waals surface area contributed by atoms with Crippen molar-refractivity contribution in [2.24, 2.45) is 0 Å². The van der Waals surface area contributed by atoms with Gasteiger partial charge in [-0.2, -0.15) is 0 Å². The van der Waals surface area contributed by atoms with Gasteiger partial charge in [0.15, 0.2) is 6.61 Å². The van der Waals surface area contributed by atoms with Crippen molar-refractivity contribution in [3.05, 3.63) is 52.5 Å². The second-order valence-electron chi connectivity index (χ2n) is 5.64. The number of anilines is 1. The molecule has 0 aromatic heterocycles. The second kappa shape index (κ2) is 9.16. The Labute approximate surface area is 162 Å². The Morgan fingerprint density at radius 2 is 1.92 bits per heavy atom. The number of carbonyl (C=O) groups is 1. The molecule has 140 valence electrons. The summed E-state index contributed by atoms with van der Waals surface area (Å²) in [7, 11) is -3.53. The van der Waals surface area contributed by atoms with Gasteiger partial charge in [0, 0.05) is 11.0 Å². The fourth-order valence-corrected chi connectivity index (χ4v) is 3.77. The Bertz CT molecular complexity index is 885. The van der Waals surface area contributed by atoms with Crippen molar-refractivity contribution < 1.29 is 17.9 Å². The monoisotopic (exact) mass is 440 g/mol. The standard InChI is InChI=1S/C18H21BrN2O4S/c1-3-10-20-26(23,24)14-8-9-17(13(2)11-14)25-12-18(22)21-16-7-5-4-6-15(16)19/h4-9,11,20H,3,10,12H2,1-2H3,(H,21,22). The van der Waals surface area contributed by atoms with Gasteiger partial charge in [-0.15, -0.1) is 0 Å². The van der Waals surface area contributed by atoms with E-state index in [0.29, 0.717) is 30.0 Å². The Morgan fingerprint density at radius 1 is 1.19 bits per heavy atom. The molecule has 2 rings (SSSR count). The molecule has 0 aliphatic carbocycles. The summed E-state index contributed by atoms with van der Waals surface area (Å²) in [4.78, 5) is 12.2. The number of halogens is 1. The number of hydrogen-bond acceptors (Lipinski definition) is 4. The van der Waals surface area contributed by atoms with Crippen molar-refractivity contribution in [2.45, 2.75) is 25.2 Å². The SMILES string of the molecule is CCCNS(=O)(=O)c1ccc(OCC(=O)Nc2ccccc2Br)c(C)c1. The van der Waals surface area contributed by atoms with Crippen LogP contribution in [-0.2, 0) is 14.8 Å². The smallest absolute Gasteiger partial charge is 0.262 e. The van der Waals surface area contributed by atoms with Gasteiger partial charge in [0.25, 0.3) is 5.91 Å².